The Morgan fingerprint density at radius 2 is 1.64 bits per heavy atom. The molecule has 0 saturated carbocycles. The Labute approximate surface area is 165 Å². The number of ether oxygens (including phenoxy) is 1. The van der Waals surface area contributed by atoms with Crippen molar-refractivity contribution < 1.29 is 9.53 Å². The lowest BCUT2D eigenvalue weighted by Gasteiger charge is -2.23. The Hall–Kier alpha value is -3.21. The van der Waals surface area contributed by atoms with E-state index in [4.69, 9.17) is 9.72 Å². The van der Waals surface area contributed by atoms with E-state index in [0.29, 0.717) is 12.2 Å². The summed E-state index contributed by atoms with van der Waals surface area (Å²) in [5.74, 6) is 0.627. The van der Waals surface area contributed by atoms with Crippen molar-refractivity contribution in [2.45, 2.75) is 38.8 Å². The lowest BCUT2D eigenvalue weighted by molar-refractivity contribution is 0.0502. The lowest BCUT2D eigenvalue weighted by Crippen LogP contribution is -2.36. The fourth-order valence-electron chi connectivity index (χ4n) is 2.82. The number of rotatable bonds is 5. The predicted molar refractivity (Wildman–Crippen MR) is 110 cm³/mol. The predicted octanol–water partition coefficient (Wildman–Crippen LogP) is 4.95. The summed E-state index contributed by atoms with van der Waals surface area (Å²) in [5.41, 5.74) is 2.20. The molecule has 28 heavy (non-hydrogen) atoms. The molecule has 2 aromatic carbocycles. The Balaban J connectivity index is 1.88. The lowest BCUT2D eigenvalue weighted by atomic mass is 10.0. The molecule has 0 fully saturated rings. The molecule has 1 atom stereocenters. The minimum absolute atomic E-state index is 0.331. The van der Waals surface area contributed by atoms with Crippen molar-refractivity contribution in [3.8, 4) is 11.4 Å². The van der Waals surface area contributed by atoms with Gasteiger partial charge in [-0.05, 0) is 38.8 Å². The monoisotopic (exact) mass is 375 g/mol. The fraction of sp³-hybridized carbons (Fsp3) is 0.261. The van der Waals surface area contributed by atoms with Crippen molar-refractivity contribution in [1.82, 2.24) is 15.3 Å². The first-order valence-electron chi connectivity index (χ1n) is 9.32. The first-order chi connectivity index (χ1) is 13.4. The highest BCUT2D eigenvalue weighted by Crippen LogP contribution is 2.21. The van der Waals surface area contributed by atoms with Crippen LogP contribution in [-0.2, 0) is 11.2 Å². The van der Waals surface area contributed by atoms with E-state index in [0.717, 1.165) is 16.8 Å². The van der Waals surface area contributed by atoms with E-state index in [1.165, 1.54) is 0 Å². The molecule has 5 heteroatoms. The molecule has 1 amide bonds. The summed E-state index contributed by atoms with van der Waals surface area (Å²) in [6.07, 6.45) is 1.86. The quantitative estimate of drug-likeness (QED) is 0.685. The summed E-state index contributed by atoms with van der Waals surface area (Å²) in [5, 5.41) is 2.97. The van der Waals surface area contributed by atoms with Crippen LogP contribution < -0.4 is 5.32 Å². The second-order valence-electron chi connectivity index (χ2n) is 7.56. The maximum absolute atomic E-state index is 12.4. The summed E-state index contributed by atoms with van der Waals surface area (Å²) >= 11 is 0. The van der Waals surface area contributed by atoms with Gasteiger partial charge < -0.3 is 10.1 Å². The standard InChI is InChI=1S/C23H25N3O2/c1-23(2,3)28-22(27)26-20(16-17-10-6-4-7-11-17)19-14-15-24-21(25-19)18-12-8-5-9-13-18/h4-15,20H,16H2,1-3H3,(H,26,27)/t20-/m0/s1. The van der Waals surface area contributed by atoms with Crippen molar-refractivity contribution in [3.05, 3.63) is 84.2 Å². The van der Waals surface area contributed by atoms with Gasteiger partial charge in [0.25, 0.3) is 0 Å². The van der Waals surface area contributed by atoms with Gasteiger partial charge in [-0.1, -0.05) is 60.7 Å². The molecular weight excluding hydrogens is 350 g/mol. The van der Waals surface area contributed by atoms with Crippen molar-refractivity contribution in [2.24, 2.45) is 0 Å². The van der Waals surface area contributed by atoms with Crippen LogP contribution >= 0.6 is 0 Å². The van der Waals surface area contributed by atoms with Gasteiger partial charge in [0.15, 0.2) is 5.82 Å². The molecular formula is C23H25N3O2. The van der Waals surface area contributed by atoms with Gasteiger partial charge in [0.2, 0.25) is 0 Å². The summed E-state index contributed by atoms with van der Waals surface area (Å²) in [6.45, 7) is 5.53. The van der Waals surface area contributed by atoms with Crippen molar-refractivity contribution in [3.63, 3.8) is 0 Å². The number of hydrogen-bond acceptors (Lipinski definition) is 4. The maximum atomic E-state index is 12.4. The molecule has 144 valence electrons. The molecule has 0 spiro atoms. The normalized spacial score (nSPS) is 12.2. The molecule has 0 bridgehead atoms. The highest BCUT2D eigenvalue weighted by molar-refractivity contribution is 5.68. The summed E-state index contributed by atoms with van der Waals surface area (Å²) in [6, 6.07) is 21.3. The molecule has 1 N–H and O–H groups in total. The average Bonchev–Trinajstić information content (AvgIpc) is 2.68. The molecule has 0 aliphatic rings. The van der Waals surface area contributed by atoms with E-state index in [9.17, 15) is 4.79 Å². The number of amides is 1. The summed E-state index contributed by atoms with van der Waals surface area (Å²) in [4.78, 5) is 21.5. The number of carbonyl (C=O) groups is 1. The van der Waals surface area contributed by atoms with Gasteiger partial charge >= 0.3 is 6.09 Å². The third-order valence-electron chi connectivity index (χ3n) is 4.04. The average molecular weight is 375 g/mol. The van der Waals surface area contributed by atoms with E-state index >= 15 is 0 Å². The van der Waals surface area contributed by atoms with E-state index in [1.807, 2.05) is 87.5 Å². The molecule has 1 heterocycles. The number of aromatic nitrogens is 2. The van der Waals surface area contributed by atoms with Crippen LogP contribution in [0, 0.1) is 0 Å². The van der Waals surface area contributed by atoms with E-state index < -0.39 is 11.7 Å². The second-order valence-corrected chi connectivity index (χ2v) is 7.56. The zero-order valence-electron chi connectivity index (χ0n) is 16.4. The first kappa shape index (κ1) is 19.5. The van der Waals surface area contributed by atoms with Crippen LogP contribution in [0.3, 0.4) is 0 Å². The van der Waals surface area contributed by atoms with Crippen molar-refractivity contribution in [2.75, 3.05) is 0 Å². The van der Waals surface area contributed by atoms with Crippen LogP contribution in [0.1, 0.15) is 38.1 Å². The zero-order chi connectivity index (χ0) is 20.0. The van der Waals surface area contributed by atoms with Crippen molar-refractivity contribution >= 4 is 6.09 Å². The highest BCUT2D eigenvalue weighted by atomic mass is 16.6. The van der Waals surface area contributed by atoms with Crippen LogP contribution in [0.25, 0.3) is 11.4 Å². The minimum atomic E-state index is -0.567. The number of nitrogens with one attached hydrogen (secondary N) is 1. The number of carbonyl (C=O) groups excluding carboxylic acids is 1. The van der Waals surface area contributed by atoms with Gasteiger partial charge in [0, 0.05) is 11.8 Å². The Morgan fingerprint density at radius 3 is 2.29 bits per heavy atom. The van der Waals surface area contributed by atoms with Gasteiger partial charge in [-0.15, -0.1) is 0 Å². The molecule has 0 aliphatic carbocycles. The summed E-state index contributed by atoms with van der Waals surface area (Å²) < 4.78 is 5.45. The molecule has 3 rings (SSSR count). The zero-order valence-corrected chi connectivity index (χ0v) is 16.4. The maximum Gasteiger partial charge on any atom is 0.408 e. The van der Waals surface area contributed by atoms with Crippen LogP contribution in [-0.4, -0.2) is 21.7 Å². The topological polar surface area (TPSA) is 64.1 Å². The molecule has 0 unspecified atom stereocenters. The van der Waals surface area contributed by atoms with E-state index in [2.05, 4.69) is 10.3 Å². The van der Waals surface area contributed by atoms with Crippen LogP contribution in [0.2, 0.25) is 0 Å². The number of nitrogens with zero attached hydrogens (tertiary/aromatic N) is 2. The molecule has 1 aromatic heterocycles. The van der Waals surface area contributed by atoms with Gasteiger partial charge in [-0.25, -0.2) is 14.8 Å². The van der Waals surface area contributed by atoms with Crippen LogP contribution in [0.4, 0.5) is 4.79 Å². The third kappa shape index (κ3) is 5.64. The smallest absolute Gasteiger partial charge is 0.408 e. The van der Waals surface area contributed by atoms with Crippen LogP contribution in [0.5, 0.6) is 0 Å². The van der Waals surface area contributed by atoms with Crippen molar-refractivity contribution in [1.29, 1.82) is 0 Å². The minimum Gasteiger partial charge on any atom is -0.444 e. The van der Waals surface area contributed by atoms with Gasteiger partial charge in [-0.3, -0.25) is 0 Å². The van der Waals surface area contributed by atoms with Gasteiger partial charge in [-0.2, -0.15) is 0 Å². The number of benzene rings is 2. The molecule has 0 saturated heterocycles. The second kappa shape index (κ2) is 8.65. The Kier molecular flexibility index (Phi) is 6.04. The van der Waals surface area contributed by atoms with E-state index in [1.54, 1.807) is 6.20 Å². The van der Waals surface area contributed by atoms with Gasteiger partial charge in [0.05, 0.1) is 11.7 Å². The largest absolute Gasteiger partial charge is 0.444 e. The van der Waals surface area contributed by atoms with E-state index in [-0.39, 0.29) is 6.04 Å². The highest BCUT2D eigenvalue weighted by Gasteiger charge is 2.22. The Bertz CT molecular complexity index is 906. The SMILES string of the molecule is CC(C)(C)OC(=O)N[C@@H](Cc1ccccc1)c1ccnc(-c2ccccc2)n1. The number of hydrogen-bond donors (Lipinski definition) is 1. The van der Waals surface area contributed by atoms with Crippen LogP contribution in [0.15, 0.2) is 72.9 Å². The molecule has 5 nitrogen and oxygen atoms in total. The molecule has 3 aromatic rings. The Morgan fingerprint density at radius 1 is 1.00 bits per heavy atom. The number of alkyl carbamates (subject to hydrolysis) is 1. The molecule has 0 aliphatic heterocycles. The molecule has 0 radical (unpaired) electrons. The first-order valence-corrected chi connectivity index (χ1v) is 9.32. The van der Waals surface area contributed by atoms with Gasteiger partial charge in [0.1, 0.15) is 5.60 Å². The third-order valence-corrected chi connectivity index (χ3v) is 4.04. The summed E-state index contributed by atoms with van der Waals surface area (Å²) in [7, 11) is 0. The fourth-order valence-corrected chi connectivity index (χ4v) is 2.82.